The summed E-state index contributed by atoms with van der Waals surface area (Å²) in [7, 11) is 0. The first kappa shape index (κ1) is 16.4. The molecule has 0 amide bonds. The van der Waals surface area contributed by atoms with Crippen LogP contribution in [0.15, 0.2) is 18.2 Å². The molecule has 1 aromatic carbocycles. The molecule has 0 radical (unpaired) electrons. The minimum absolute atomic E-state index is 0.114. The summed E-state index contributed by atoms with van der Waals surface area (Å²) in [6, 6.07) is 5.10. The second kappa shape index (κ2) is 8.53. The summed E-state index contributed by atoms with van der Waals surface area (Å²) in [5.41, 5.74) is 1.55. The van der Waals surface area contributed by atoms with Gasteiger partial charge in [0.2, 0.25) is 0 Å². The Morgan fingerprint density at radius 1 is 1.40 bits per heavy atom. The van der Waals surface area contributed by atoms with Crippen LogP contribution in [0.5, 0.6) is 0 Å². The quantitative estimate of drug-likeness (QED) is 0.422. The van der Waals surface area contributed by atoms with Crippen LogP contribution in [0.3, 0.4) is 0 Å². The highest BCUT2D eigenvalue weighted by molar-refractivity contribution is 5.66. The SMILES string of the molecule is CCCNc1c(COCCC(C)C)cccc1[N+](=O)[O-]. The minimum atomic E-state index is -0.352. The molecule has 0 atom stereocenters. The van der Waals surface area contributed by atoms with Crippen LogP contribution in [0.1, 0.15) is 39.2 Å². The van der Waals surface area contributed by atoms with Gasteiger partial charge in [0, 0.05) is 24.8 Å². The summed E-state index contributed by atoms with van der Waals surface area (Å²) in [6.45, 7) is 8.11. The topological polar surface area (TPSA) is 64.4 Å². The van der Waals surface area contributed by atoms with Gasteiger partial charge in [-0.2, -0.15) is 0 Å². The largest absolute Gasteiger partial charge is 0.379 e. The molecule has 1 rings (SSSR count). The zero-order valence-electron chi connectivity index (χ0n) is 12.5. The molecule has 0 aliphatic carbocycles. The van der Waals surface area contributed by atoms with E-state index in [-0.39, 0.29) is 10.6 Å². The molecule has 1 aromatic rings. The lowest BCUT2D eigenvalue weighted by molar-refractivity contribution is -0.384. The van der Waals surface area contributed by atoms with Crippen molar-refractivity contribution < 1.29 is 9.66 Å². The van der Waals surface area contributed by atoms with Gasteiger partial charge in [0.05, 0.1) is 11.5 Å². The molecule has 1 N–H and O–H groups in total. The molecule has 0 spiro atoms. The van der Waals surface area contributed by atoms with E-state index in [0.29, 0.717) is 31.4 Å². The fourth-order valence-corrected chi connectivity index (χ4v) is 1.81. The van der Waals surface area contributed by atoms with E-state index < -0.39 is 0 Å². The molecule has 20 heavy (non-hydrogen) atoms. The summed E-state index contributed by atoms with van der Waals surface area (Å²) in [5.74, 6) is 0.595. The van der Waals surface area contributed by atoms with E-state index in [1.807, 2.05) is 13.0 Å². The Morgan fingerprint density at radius 2 is 2.15 bits per heavy atom. The number of anilines is 1. The van der Waals surface area contributed by atoms with Crippen molar-refractivity contribution in [3.63, 3.8) is 0 Å². The molecule has 5 heteroatoms. The Kier molecular flexibility index (Phi) is 7.01. The Balaban J connectivity index is 2.77. The van der Waals surface area contributed by atoms with Crippen LogP contribution >= 0.6 is 0 Å². The molecule has 0 aliphatic rings. The van der Waals surface area contributed by atoms with Gasteiger partial charge in [0.15, 0.2) is 0 Å². The average molecular weight is 280 g/mol. The third-order valence-electron chi connectivity index (χ3n) is 2.97. The summed E-state index contributed by atoms with van der Waals surface area (Å²) in [6.07, 6.45) is 1.91. The molecule has 0 aromatic heterocycles. The van der Waals surface area contributed by atoms with Crippen molar-refractivity contribution in [3.8, 4) is 0 Å². The first-order chi connectivity index (χ1) is 9.56. The Bertz CT molecular complexity index is 433. The maximum atomic E-state index is 11.1. The van der Waals surface area contributed by atoms with Crippen LogP contribution in [0.25, 0.3) is 0 Å². The van der Waals surface area contributed by atoms with Crippen LogP contribution in [-0.2, 0) is 11.3 Å². The molecule has 112 valence electrons. The van der Waals surface area contributed by atoms with Gasteiger partial charge in [-0.05, 0) is 18.8 Å². The van der Waals surface area contributed by atoms with Crippen LogP contribution in [0.2, 0.25) is 0 Å². The van der Waals surface area contributed by atoms with Crippen molar-refractivity contribution in [3.05, 3.63) is 33.9 Å². The van der Waals surface area contributed by atoms with Crippen LogP contribution in [0, 0.1) is 16.0 Å². The van der Waals surface area contributed by atoms with Crippen molar-refractivity contribution in [2.45, 2.75) is 40.2 Å². The highest BCUT2D eigenvalue weighted by atomic mass is 16.6. The highest BCUT2D eigenvalue weighted by Crippen LogP contribution is 2.28. The van der Waals surface area contributed by atoms with Crippen LogP contribution < -0.4 is 5.32 Å². The van der Waals surface area contributed by atoms with E-state index >= 15 is 0 Å². The predicted octanol–water partition coefficient (Wildman–Crippen LogP) is 3.98. The number of hydrogen-bond acceptors (Lipinski definition) is 4. The number of nitrogens with zero attached hydrogens (tertiary/aromatic N) is 1. The van der Waals surface area contributed by atoms with Gasteiger partial charge in [-0.25, -0.2) is 0 Å². The standard InChI is InChI=1S/C15H24N2O3/c1-4-9-16-15-13(11-20-10-8-12(2)3)6-5-7-14(15)17(18)19/h5-7,12,16H,4,8-11H2,1-3H3. The molecule has 0 bridgehead atoms. The Morgan fingerprint density at radius 3 is 2.75 bits per heavy atom. The molecule has 0 heterocycles. The number of rotatable bonds is 9. The summed E-state index contributed by atoms with van der Waals surface area (Å²) in [5, 5.41) is 14.2. The number of nitrogens with one attached hydrogen (secondary N) is 1. The third kappa shape index (κ3) is 5.17. The summed E-state index contributed by atoms with van der Waals surface area (Å²) < 4.78 is 5.62. The average Bonchev–Trinajstić information content (AvgIpc) is 2.41. The second-order valence-electron chi connectivity index (χ2n) is 5.23. The smallest absolute Gasteiger partial charge is 0.292 e. The Hall–Kier alpha value is -1.62. The van der Waals surface area contributed by atoms with Crippen molar-refractivity contribution in [1.29, 1.82) is 0 Å². The van der Waals surface area contributed by atoms with Crippen molar-refractivity contribution in [2.24, 2.45) is 5.92 Å². The molecule has 0 aliphatic heterocycles. The fourth-order valence-electron chi connectivity index (χ4n) is 1.81. The Labute approximate surface area is 120 Å². The molecule has 0 unspecified atom stereocenters. The van der Waals surface area contributed by atoms with E-state index in [1.165, 1.54) is 6.07 Å². The zero-order valence-corrected chi connectivity index (χ0v) is 12.5. The maximum absolute atomic E-state index is 11.1. The number of hydrogen-bond donors (Lipinski definition) is 1. The molecular weight excluding hydrogens is 256 g/mol. The van der Waals surface area contributed by atoms with Gasteiger partial charge in [-0.1, -0.05) is 32.9 Å². The fraction of sp³-hybridized carbons (Fsp3) is 0.600. The van der Waals surface area contributed by atoms with E-state index in [1.54, 1.807) is 6.07 Å². The summed E-state index contributed by atoms with van der Waals surface area (Å²) >= 11 is 0. The number of nitro benzene ring substituents is 1. The van der Waals surface area contributed by atoms with E-state index in [4.69, 9.17) is 4.74 Å². The number of ether oxygens (including phenoxy) is 1. The molecule has 0 saturated heterocycles. The molecule has 5 nitrogen and oxygen atoms in total. The summed E-state index contributed by atoms with van der Waals surface area (Å²) in [4.78, 5) is 10.7. The van der Waals surface area contributed by atoms with E-state index in [9.17, 15) is 10.1 Å². The van der Waals surface area contributed by atoms with Crippen molar-refractivity contribution in [2.75, 3.05) is 18.5 Å². The molecular formula is C15H24N2O3. The molecule has 0 saturated carbocycles. The van der Waals surface area contributed by atoms with Gasteiger partial charge in [0.1, 0.15) is 5.69 Å². The lowest BCUT2D eigenvalue weighted by Gasteiger charge is -2.12. The first-order valence-electron chi connectivity index (χ1n) is 7.14. The van der Waals surface area contributed by atoms with Gasteiger partial charge in [-0.3, -0.25) is 10.1 Å². The highest BCUT2D eigenvalue weighted by Gasteiger charge is 2.16. The van der Waals surface area contributed by atoms with E-state index in [2.05, 4.69) is 19.2 Å². The van der Waals surface area contributed by atoms with Crippen molar-refractivity contribution >= 4 is 11.4 Å². The first-order valence-corrected chi connectivity index (χ1v) is 7.14. The van der Waals surface area contributed by atoms with Gasteiger partial charge in [0.25, 0.3) is 5.69 Å². The number of nitro groups is 1. The number of para-hydroxylation sites is 1. The van der Waals surface area contributed by atoms with Gasteiger partial charge >= 0.3 is 0 Å². The van der Waals surface area contributed by atoms with Gasteiger partial charge in [-0.15, -0.1) is 0 Å². The lowest BCUT2D eigenvalue weighted by atomic mass is 10.1. The number of benzene rings is 1. The lowest BCUT2D eigenvalue weighted by Crippen LogP contribution is -2.08. The second-order valence-corrected chi connectivity index (χ2v) is 5.23. The van der Waals surface area contributed by atoms with Crippen LogP contribution in [0.4, 0.5) is 11.4 Å². The predicted molar refractivity (Wildman–Crippen MR) is 81.0 cm³/mol. The monoisotopic (exact) mass is 280 g/mol. The molecule has 0 fully saturated rings. The van der Waals surface area contributed by atoms with E-state index in [0.717, 1.165) is 18.4 Å². The maximum Gasteiger partial charge on any atom is 0.292 e. The normalized spacial score (nSPS) is 10.8. The van der Waals surface area contributed by atoms with Gasteiger partial charge < -0.3 is 10.1 Å². The van der Waals surface area contributed by atoms with Crippen molar-refractivity contribution in [1.82, 2.24) is 0 Å². The third-order valence-corrected chi connectivity index (χ3v) is 2.97. The zero-order chi connectivity index (χ0) is 15.0. The minimum Gasteiger partial charge on any atom is -0.379 e. The van der Waals surface area contributed by atoms with Crippen LogP contribution in [-0.4, -0.2) is 18.1 Å².